The maximum absolute atomic E-state index is 13.2. The standard InChI is InChI=1S/C38H51N3O8S/c1-23-14-13-17-27-20-29-36(50-22-32(43)40-29)33(35(27)45)41-31(42)21-28(48-4)18-11-6-5-7-12-19-30(24(2)34(23)44)49-38(47)25(3)39-37(46)26-15-9-8-10-16-26/h5-7,11-12,14,18,20,24-26,28,30,34,44-45H,8-10,13,15-17,19,21-22H2,1-4H3,(H,39,46)(H,40,43)(H,41,42)/b6-5+,12-7+,18-11+,23-14-/t24-,25+,28-,30-,34-/m0/s1. The minimum Gasteiger partial charge on any atom is -0.505 e. The number of hydrogen-bond donors (Lipinski definition) is 5. The molecule has 0 radical (unpaired) electrons. The van der Waals surface area contributed by atoms with Crippen LogP contribution in [0, 0.1) is 11.8 Å². The van der Waals surface area contributed by atoms with Gasteiger partial charge < -0.3 is 35.6 Å². The van der Waals surface area contributed by atoms with E-state index < -0.39 is 36.2 Å². The van der Waals surface area contributed by atoms with Crippen LogP contribution in [0.1, 0.15) is 77.7 Å². The van der Waals surface area contributed by atoms with Crippen LogP contribution in [0.5, 0.6) is 5.75 Å². The van der Waals surface area contributed by atoms with Gasteiger partial charge in [-0.1, -0.05) is 68.7 Å². The number of ether oxygens (including phenoxy) is 2. The van der Waals surface area contributed by atoms with E-state index in [1.54, 1.807) is 44.2 Å². The SMILES string of the molecule is CO[C@H]1/C=C/C=C/C=C/C[C@H](OC(=O)[C@@H](C)NC(=O)C2CCCCC2)[C@H](C)[C@@H](O)/C(C)=C\CCc2cc3c(c(c2O)NC(=O)C1)SCC(=O)N3. The summed E-state index contributed by atoms with van der Waals surface area (Å²) in [5, 5.41) is 31.2. The molecule has 0 spiro atoms. The fourth-order valence-electron chi connectivity index (χ4n) is 6.37. The van der Waals surface area contributed by atoms with Gasteiger partial charge in [0, 0.05) is 25.4 Å². The van der Waals surface area contributed by atoms with Crippen LogP contribution in [0.15, 0.2) is 59.1 Å². The zero-order valence-electron chi connectivity index (χ0n) is 29.4. The predicted octanol–water partition coefficient (Wildman–Crippen LogP) is 5.73. The molecule has 1 saturated carbocycles. The van der Waals surface area contributed by atoms with Crippen molar-refractivity contribution < 1.29 is 38.9 Å². The monoisotopic (exact) mass is 709 g/mol. The minimum atomic E-state index is -0.949. The number of carbonyl (C=O) groups excluding carboxylic acids is 4. The van der Waals surface area contributed by atoms with Crippen molar-refractivity contribution >= 4 is 46.8 Å². The lowest BCUT2D eigenvalue weighted by Crippen LogP contribution is -2.45. The number of anilines is 2. The summed E-state index contributed by atoms with van der Waals surface area (Å²) in [5.74, 6) is -1.73. The van der Waals surface area contributed by atoms with Gasteiger partial charge in [-0.25, -0.2) is 4.79 Å². The number of nitrogens with one attached hydrogen (secondary N) is 3. The van der Waals surface area contributed by atoms with E-state index >= 15 is 0 Å². The second-order valence-corrected chi connectivity index (χ2v) is 14.2. The number of amides is 3. The lowest BCUT2D eigenvalue weighted by molar-refractivity contribution is -0.156. The fourth-order valence-corrected chi connectivity index (χ4v) is 7.27. The molecular formula is C38H51N3O8S. The van der Waals surface area contributed by atoms with E-state index in [0.29, 0.717) is 41.0 Å². The number of phenolic OH excluding ortho intramolecular Hbond substituents is 1. The first kappa shape index (κ1) is 38.9. The molecule has 5 N–H and O–H groups in total. The molecule has 12 heteroatoms. The largest absolute Gasteiger partial charge is 0.505 e. The van der Waals surface area contributed by atoms with E-state index in [0.717, 1.165) is 32.1 Å². The van der Waals surface area contributed by atoms with Gasteiger partial charge in [0.2, 0.25) is 17.7 Å². The van der Waals surface area contributed by atoms with Gasteiger partial charge in [0.15, 0.2) is 0 Å². The number of aliphatic hydroxyl groups is 1. The number of phenols is 1. The van der Waals surface area contributed by atoms with Crippen molar-refractivity contribution in [3.8, 4) is 5.75 Å². The highest BCUT2D eigenvalue weighted by Gasteiger charge is 2.31. The normalized spacial score (nSPS) is 27.8. The molecule has 50 heavy (non-hydrogen) atoms. The second kappa shape index (κ2) is 18.9. The Labute approximate surface area is 299 Å². The van der Waals surface area contributed by atoms with Gasteiger partial charge in [0.25, 0.3) is 0 Å². The molecule has 2 heterocycles. The highest BCUT2D eigenvalue weighted by molar-refractivity contribution is 8.00. The third kappa shape index (κ3) is 10.8. The quantitative estimate of drug-likeness (QED) is 0.111. The van der Waals surface area contributed by atoms with E-state index in [2.05, 4.69) is 16.0 Å². The van der Waals surface area contributed by atoms with Crippen molar-refractivity contribution in [1.29, 1.82) is 0 Å². The van der Waals surface area contributed by atoms with Crippen molar-refractivity contribution in [2.24, 2.45) is 11.8 Å². The lowest BCUT2D eigenvalue weighted by atomic mass is 9.88. The third-order valence-corrected chi connectivity index (χ3v) is 10.6. The highest BCUT2D eigenvalue weighted by Crippen LogP contribution is 2.45. The second-order valence-electron chi connectivity index (χ2n) is 13.3. The number of thioether (sulfide) groups is 1. The molecule has 1 aromatic carbocycles. The summed E-state index contributed by atoms with van der Waals surface area (Å²) < 4.78 is 11.4. The fraction of sp³-hybridized carbons (Fsp3) is 0.526. The van der Waals surface area contributed by atoms with Crippen LogP contribution in [0.3, 0.4) is 0 Å². The third-order valence-electron chi connectivity index (χ3n) is 9.46. The molecular weight excluding hydrogens is 658 g/mol. The van der Waals surface area contributed by atoms with Crippen LogP contribution in [-0.4, -0.2) is 71.1 Å². The predicted molar refractivity (Wildman–Crippen MR) is 195 cm³/mol. The number of benzene rings is 1. The van der Waals surface area contributed by atoms with Crippen molar-refractivity contribution in [2.75, 3.05) is 23.5 Å². The molecule has 3 amide bonds. The number of aromatic hydroxyl groups is 1. The smallest absolute Gasteiger partial charge is 0.328 e. The number of allylic oxidation sites excluding steroid dienone is 5. The van der Waals surface area contributed by atoms with E-state index in [-0.39, 0.29) is 47.3 Å². The number of rotatable bonds is 5. The number of esters is 1. The van der Waals surface area contributed by atoms with E-state index in [1.165, 1.54) is 18.9 Å². The molecule has 0 saturated heterocycles. The Kier molecular flexibility index (Phi) is 14.7. The molecule has 11 nitrogen and oxygen atoms in total. The first-order chi connectivity index (χ1) is 24.0. The Bertz CT molecular complexity index is 1510. The van der Waals surface area contributed by atoms with Crippen molar-refractivity contribution in [3.63, 3.8) is 0 Å². The summed E-state index contributed by atoms with van der Waals surface area (Å²) in [6.07, 6.45) is 16.3. The Morgan fingerprint density at radius 2 is 1.80 bits per heavy atom. The molecule has 1 fully saturated rings. The van der Waals surface area contributed by atoms with Gasteiger partial charge in [-0.2, -0.15) is 0 Å². The Morgan fingerprint density at radius 1 is 1.06 bits per heavy atom. The van der Waals surface area contributed by atoms with Crippen LogP contribution in [0.4, 0.5) is 11.4 Å². The average Bonchev–Trinajstić information content (AvgIpc) is 3.10. The number of fused-ring (bicyclic) bond motifs is 4. The summed E-state index contributed by atoms with van der Waals surface area (Å²) in [6.45, 7) is 5.24. The summed E-state index contributed by atoms with van der Waals surface area (Å²) in [7, 11) is 1.51. The van der Waals surface area contributed by atoms with Gasteiger partial charge in [0.1, 0.15) is 17.9 Å². The number of methoxy groups -OCH3 is 1. The van der Waals surface area contributed by atoms with Gasteiger partial charge in [-0.3, -0.25) is 14.4 Å². The molecule has 3 aliphatic rings. The number of carbonyl (C=O) groups is 4. The molecule has 2 aliphatic heterocycles. The number of aryl methyl sites for hydroxylation is 1. The zero-order valence-corrected chi connectivity index (χ0v) is 30.2. The van der Waals surface area contributed by atoms with Gasteiger partial charge in [-0.05, 0) is 56.7 Å². The number of hydrogen-bond acceptors (Lipinski definition) is 9. The zero-order chi connectivity index (χ0) is 36.2. The molecule has 2 bridgehead atoms. The molecule has 0 unspecified atom stereocenters. The minimum absolute atomic E-state index is 0.00354. The maximum atomic E-state index is 13.2. The van der Waals surface area contributed by atoms with Crippen LogP contribution in [-0.2, 0) is 35.1 Å². The summed E-state index contributed by atoms with van der Waals surface area (Å²) >= 11 is 1.24. The summed E-state index contributed by atoms with van der Waals surface area (Å²) in [4.78, 5) is 51.9. The Morgan fingerprint density at radius 3 is 2.54 bits per heavy atom. The molecule has 272 valence electrons. The van der Waals surface area contributed by atoms with Crippen LogP contribution >= 0.6 is 11.8 Å². The molecule has 1 aromatic rings. The van der Waals surface area contributed by atoms with Gasteiger partial charge in [0.05, 0.1) is 40.7 Å². The van der Waals surface area contributed by atoms with Crippen LogP contribution < -0.4 is 16.0 Å². The first-order valence-corrected chi connectivity index (χ1v) is 18.5. The number of aliphatic hydroxyl groups excluding tert-OH is 1. The molecule has 5 atom stereocenters. The van der Waals surface area contributed by atoms with Gasteiger partial charge >= 0.3 is 5.97 Å². The van der Waals surface area contributed by atoms with Gasteiger partial charge in [-0.15, -0.1) is 11.8 Å². The first-order valence-electron chi connectivity index (χ1n) is 17.5. The van der Waals surface area contributed by atoms with Crippen LogP contribution in [0.2, 0.25) is 0 Å². The molecule has 0 aromatic heterocycles. The highest BCUT2D eigenvalue weighted by atomic mass is 32.2. The lowest BCUT2D eigenvalue weighted by Gasteiger charge is -2.29. The van der Waals surface area contributed by atoms with Crippen molar-refractivity contribution in [3.05, 3.63) is 59.7 Å². The van der Waals surface area contributed by atoms with E-state index in [1.807, 2.05) is 25.2 Å². The Hall–Kier alpha value is -3.87. The summed E-state index contributed by atoms with van der Waals surface area (Å²) in [6, 6.07) is 0.877. The van der Waals surface area contributed by atoms with Crippen LogP contribution in [0.25, 0.3) is 0 Å². The maximum Gasteiger partial charge on any atom is 0.328 e. The molecule has 1 aliphatic carbocycles. The average molecular weight is 710 g/mol. The van der Waals surface area contributed by atoms with E-state index in [9.17, 15) is 29.4 Å². The summed E-state index contributed by atoms with van der Waals surface area (Å²) in [5.41, 5.74) is 1.94. The van der Waals surface area contributed by atoms with E-state index in [4.69, 9.17) is 9.47 Å². The Balaban J connectivity index is 1.57. The van der Waals surface area contributed by atoms with Crippen molar-refractivity contribution in [1.82, 2.24) is 5.32 Å². The molecule has 4 rings (SSSR count). The topological polar surface area (TPSA) is 163 Å². The van der Waals surface area contributed by atoms with Crippen molar-refractivity contribution in [2.45, 2.75) is 108 Å².